The van der Waals surface area contributed by atoms with Gasteiger partial charge in [-0.15, -0.1) is 10.2 Å². The molecule has 0 saturated heterocycles. The minimum atomic E-state index is -4.43. The first-order chi connectivity index (χ1) is 16.9. The summed E-state index contributed by atoms with van der Waals surface area (Å²) in [5.41, 5.74) is 1.35. The molecular formula is C25H15F3N6O. The Kier molecular flexibility index (Phi) is 5.51. The average Bonchev–Trinajstić information content (AvgIpc) is 3.32. The maximum Gasteiger partial charge on any atom is 0.416 e. The molecule has 0 amide bonds. The second kappa shape index (κ2) is 8.79. The first-order valence-corrected chi connectivity index (χ1v) is 10.3. The molecule has 2 aromatic heterocycles. The summed E-state index contributed by atoms with van der Waals surface area (Å²) in [5.74, 6) is 1.82. The van der Waals surface area contributed by atoms with Gasteiger partial charge in [-0.05, 0) is 66.7 Å². The Bertz CT molecular complexity index is 1550. The van der Waals surface area contributed by atoms with Gasteiger partial charge >= 0.3 is 6.18 Å². The Morgan fingerprint density at radius 1 is 0.943 bits per heavy atom. The number of benzene rings is 3. The Morgan fingerprint density at radius 3 is 2.54 bits per heavy atom. The van der Waals surface area contributed by atoms with Gasteiger partial charge in [0.25, 0.3) is 0 Å². The molecule has 0 aliphatic heterocycles. The summed E-state index contributed by atoms with van der Waals surface area (Å²) in [6.45, 7) is 0. The first kappa shape index (κ1) is 21.9. The number of ether oxygens (including phenoxy) is 1. The van der Waals surface area contributed by atoms with Crippen LogP contribution in [0, 0.1) is 11.3 Å². The predicted molar refractivity (Wildman–Crippen MR) is 123 cm³/mol. The zero-order chi connectivity index (χ0) is 24.4. The number of rotatable bonds is 5. The monoisotopic (exact) mass is 472 g/mol. The van der Waals surface area contributed by atoms with E-state index < -0.39 is 11.7 Å². The van der Waals surface area contributed by atoms with Crippen molar-refractivity contribution in [3.8, 4) is 29.0 Å². The number of hydrogen-bond donors (Lipinski definition) is 2. The molecule has 35 heavy (non-hydrogen) atoms. The number of nitriles is 1. The average molecular weight is 472 g/mol. The fraction of sp³-hybridized carbons (Fsp3) is 0.0400. The summed E-state index contributed by atoms with van der Waals surface area (Å²) in [5, 5.41) is 20.7. The molecule has 0 fully saturated rings. The third kappa shape index (κ3) is 4.74. The third-order valence-corrected chi connectivity index (χ3v) is 5.13. The van der Waals surface area contributed by atoms with E-state index in [0.29, 0.717) is 34.0 Å². The molecule has 0 spiro atoms. The van der Waals surface area contributed by atoms with Crippen LogP contribution in [0.25, 0.3) is 22.3 Å². The van der Waals surface area contributed by atoms with Crippen molar-refractivity contribution in [2.75, 3.05) is 5.32 Å². The van der Waals surface area contributed by atoms with Crippen molar-refractivity contribution in [1.82, 2.24) is 20.2 Å². The number of nitrogens with one attached hydrogen (secondary N) is 2. The second-order valence-corrected chi connectivity index (χ2v) is 7.51. The second-order valence-electron chi connectivity index (χ2n) is 7.51. The number of fused-ring (bicyclic) bond motifs is 1. The van der Waals surface area contributed by atoms with E-state index in [1.807, 2.05) is 0 Å². The Balaban J connectivity index is 1.32. The number of halogens is 3. The molecule has 0 bridgehead atoms. The molecule has 172 valence electrons. The van der Waals surface area contributed by atoms with Crippen LogP contribution < -0.4 is 10.1 Å². The van der Waals surface area contributed by atoms with Crippen LogP contribution in [-0.2, 0) is 6.18 Å². The zero-order valence-corrected chi connectivity index (χ0v) is 17.8. The van der Waals surface area contributed by atoms with E-state index in [1.54, 1.807) is 54.7 Å². The highest BCUT2D eigenvalue weighted by molar-refractivity contribution is 5.86. The van der Waals surface area contributed by atoms with E-state index in [9.17, 15) is 13.2 Å². The molecule has 2 heterocycles. The summed E-state index contributed by atoms with van der Waals surface area (Å²) in [6.07, 6.45) is -2.82. The fourth-order valence-electron chi connectivity index (χ4n) is 3.45. The normalized spacial score (nSPS) is 11.3. The van der Waals surface area contributed by atoms with Crippen molar-refractivity contribution in [2.24, 2.45) is 0 Å². The molecule has 0 aliphatic rings. The lowest BCUT2D eigenvalue weighted by Gasteiger charge is -2.09. The molecule has 7 nitrogen and oxygen atoms in total. The van der Waals surface area contributed by atoms with Crippen LogP contribution in [0.2, 0.25) is 0 Å². The topological polar surface area (TPSA) is 99.5 Å². The molecular weight excluding hydrogens is 457 g/mol. The molecule has 0 saturated carbocycles. The van der Waals surface area contributed by atoms with Gasteiger partial charge in [0.15, 0.2) is 5.82 Å². The van der Waals surface area contributed by atoms with Gasteiger partial charge < -0.3 is 15.0 Å². The van der Waals surface area contributed by atoms with Crippen LogP contribution in [0.5, 0.6) is 11.5 Å². The molecule has 0 radical (unpaired) electrons. The van der Waals surface area contributed by atoms with Crippen molar-refractivity contribution in [2.45, 2.75) is 6.18 Å². The van der Waals surface area contributed by atoms with Crippen LogP contribution in [0.15, 0.2) is 79.0 Å². The highest BCUT2D eigenvalue weighted by atomic mass is 19.4. The van der Waals surface area contributed by atoms with Crippen molar-refractivity contribution >= 4 is 22.5 Å². The number of pyridine rings is 1. The molecule has 5 aromatic rings. The summed E-state index contributed by atoms with van der Waals surface area (Å²) >= 11 is 0. The third-order valence-electron chi connectivity index (χ3n) is 5.13. The number of nitrogens with zero attached hydrogens (tertiary/aromatic N) is 4. The van der Waals surface area contributed by atoms with Crippen LogP contribution in [0.1, 0.15) is 11.1 Å². The van der Waals surface area contributed by atoms with Crippen molar-refractivity contribution in [1.29, 1.82) is 5.26 Å². The number of alkyl halides is 3. The number of aromatic amines is 1. The quantitative estimate of drug-likeness (QED) is 0.305. The first-order valence-electron chi connectivity index (χ1n) is 10.3. The number of aromatic nitrogens is 4. The van der Waals surface area contributed by atoms with Crippen LogP contribution in [0.4, 0.5) is 24.8 Å². The smallest absolute Gasteiger partial charge is 0.416 e. The van der Waals surface area contributed by atoms with E-state index in [-0.39, 0.29) is 11.6 Å². The predicted octanol–water partition coefficient (Wildman–Crippen LogP) is 6.45. The number of H-pyrrole nitrogens is 1. The largest absolute Gasteiger partial charge is 0.457 e. The van der Waals surface area contributed by atoms with E-state index in [0.717, 1.165) is 17.5 Å². The van der Waals surface area contributed by atoms with Crippen molar-refractivity contribution in [3.63, 3.8) is 0 Å². The molecule has 3 aromatic carbocycles. The maximum absolute atomic E-state index is 12.9. The molecule has 0 aliphatic carbocycles. The molecule has 10 heteroatoms. The van der Waals surface area contributed by atoms with Gasteiger partial charge in [0.2, 0.25) is 5.95 Å². The Labute approximate surface area is 196 Å². The molecule has 0 unspecified atom stereocenters. The molecule has 5 rings (SSSR count). The van der Waals surface area contributed by atoms with Gasteiger partial charge in [0.05, 0.1) is 22.7 Å². The molecule has 0 atom stereocenters. The minimum Gasteiger partial charge on any atom is -0.457 e. The van der Waals surface area contributed by atoms with Gasteiger partial charge in [0, 0.05) is 22.8 Å². The van der Waals surface area contributed by atoms with Gasteiger partial charge in [-0.25, -0.2) is 0 Å². The Hall–Kier alpha value is -4.91. The standard InChI is InChI=1S/C25H15F3N6O/c26-25(27,28)17-2-1-3-18(13-17)31-24-32-23(33-34-24)16-5-7-19(8-6-16)35-22-10-11-30-21-12-15(14-29)4-9-20(21)22/h1-13H,(H2,31,32,33,34). The summed E-state index contributed by atoms with van der Waals surface area (Å²) in [7, 11) is 0. The summed E-state index contributed by atoms with van der Waals surface area (Å²) < 4.78 is 44.8. The lowest BCUT2D eigenvalue weighted by molar-refractivity contribution is -0.137. The van der Waals surface area contributed by atoms with Crippen LogP contribution in [0.3, 0.4) is 0 Å². The lowest BCUT2D eigenvalue weighted by atomic mass is 10.1. The van der Waals surface area contributed by atoms with Gasteiger partial charge in [-0.2, -0.15) is 18.4 Å². The van der Waals surface area contributed by atoms with Gasteiger partial charge in [0.1, 0.15) is 11.5 Å². The SMILES string of the molecule is N#Cc1ccc2c(Oc3ccc(-c4nnc(Nc5cccc(C(F)(F)F)c5)[nH]4)cc3)ccnc2c1. The zero-order valence-electron chi connectivity index (χ0n) is 17.8. The van der Waals surface area contributed by atoms with E-state index in [2.05, 4.69) is 31.6 Å². The van der Waals surface area contributed by atoms with Crippen molar-refractivity contribution < 1.29 is 17.9 Å². The lowest BCUT2D eigenvalue weighted by Crippen LogP contribution is -2.05. The number of anilines is 2. The van der Waals surface area contributed by atoms with Gasteiger partial charge in [-0.1, -0.05) is 6.07 Å². The van der Waals surface area contributed by atoms with Gasteiger partial charge in [-0.3, -0.25) is 4.98 Å². The van der Waals surface area contributed by atoms with Crippen LogP contribution >= 0.6 is 0 Å². The highest BCUT2D eigenvalue weighted by Crippen LogP contribution is 2.32. The van der Waals surface area contributed by atoms with Crippen molar-refractivity contribution in [3.05, 3.63) is 90.1 Å². The number of hydrogen-bond acceptors (Lipinski definition) is 6. The van der Waals surface area contributed by atoms with E-state index in [1.165, 1.54) is 12.1 Å². The minimum absolute atomic E-state index is 0.208. The summed E-state index contributed by atoms with van der Waals surface area (Å²) in [6, 6.07) is 20.9. The summed E-state index contributed by atoms with van der Waals surface area (Å²) in [4.78, 5) is 7.23. The fourth-order valence-corrected chi connectivity index (χ4v) is 3.45. The Morgan fingerprint density at radius 2 is 1.77 bits per heavy atom. The van der Waals surface area contributed by atoms with E-state index in [4.69, 9.17) is 10.00 Å². The molecule has 2 N–H and O–H groups in total. The maximum atomic E-state index is 12.9. The van der Waals surface area contributed by atoms with E-state index >= 15 is 0 Å². The highest BCUT2D eigenvalue weighted by Gasteiger charge is 2.30. The van der Waals surface area contributed by atoms with Crippen LogP contribution in [-0.4, -0.2) is 20.2 Å².